The van der Waals surface area contributed by atoms with Gasteiger partial charge in [-0.25, -0.2) is 0 Å². The Morgan fingerprint density at radius 3 is 3.15 bits per heavy atom. The Hall–Kier alpha value is -0.540. The lowest BCUT2D eigenvalue weighted by molar-refractivity contribution is 0.230. The van der Waals surface area contributed by atoms with Gasteiger partial charge in [0, 0.05) is 29.2 Å². The molecular formula is C10H12BrNO. The predicted octanol–water partition coefficient (Wildman–Crippen LogP) is 2.03. The number of hydrogen-bond donors (Lipinski definition) is 2. The van der Waals surface area contributed by atoms with Crippen molar-refractivity contribution in [3.05, 3.63) is 28.2 Å². The highest BCUT2D eigenvalue weighted by atomic mass is 79.9. The first-order valence-electron chi connectivity index (χ1n) is 4.43. The van der Waals surface area contributed by atoms with E-state index in [1.807, 2.05) is 6.07 Å². The highest BCUT2D eigenvalue weighted by Gasteiger charge is 2.16. The lowest BCUT2D eigenvalue weighted by Crippen LogP contribution is -2.25. The number of benzene rings is 1. The van der Waals surface area contributed by atoms with E-state index in [1.165, 1.54) is 11.3 Å². The summed E-state index contributed by atoms with van der Waals surface area (Å²) in [6, 6.07) is 6.22. The second-order valence-corrected chi connectivity index (χ2v) is 4.35. The van der Waals surface area contributed by atoms with Crippen LogP contribution in [-0.4, -0.2) is 18.3 Å². The zero-order valence-corrected chi connectivity index (χ0v) is 8.84. The Kier molecular flexibility index (Phi) is 2.56. The summed E-state index contributed by atoms with van der Waals surface area (Å²) in [6.45, 7) is 1.14. The molecule has 70 valence electrons. The smallest absolute Gasteiger partial charge is 0.0479 e. The first-order valence-corrected chi connectivity index (χ1v) is 5.22. The van der Waals surface area contributed by atoms with Crippen molar-refractivity contribution in [3.8, 4) is 0 Å². The Morgan fingerprint density at radius 1 is 1.54 bits per heavy atom. The molecule has 2 N–H and O–H groups in total. The minimum absolute atomic E-state index is 0.263. The van der Waals surface area contributed by atoms with E-state index < -0.39 is 0 Å². The lowest BCUT2D eigenvalue weighted by Gasteiger charge is -2.24. The molecule has 1 aromatic carbocycles. The Morgan fingerprint density at radius 2 is 2.38 bits per heavy atom. The van der Waals surface area contributed by atoms with Crippen LogP contribution in [0.3, 0.4) is 0 Å². The Bertz CT molecular complexity index is 314. The van der Waals surface area contributed by atoms with Crippen LogP contribution in [0.25, 0.3) is 0 Å². The zero-order chi connectivity index (χ0) is 9.26. The molecule has 2 nitrogen and oxygen atoms in total. The van der Waals surface area contributed by atoms with E-state index in [0.29, 0.717) is 5.92 Å². The molecule has 1 aliphatic rings. The van der Waals surface area contributed by atoms with Crippen molar-refractivity contribution in [1.82, 2.24) is 0 Å². The van der Waals surface area contributed by atoms with E-state index in [1.54, 1.807) is 0 Å². The minimum Gasteiger partial charge on any atom is -0.396 e. The summed E-state index contributed by atoms with van der Waals surface area (Å²) in [7, 11) is 0. The van der Waals surface area contributed by atoms with Gasteiger partial charge in [-0.1, -0.05) is 15.9 Å². The highest BCUT2D eigenvalue weighted by molar-refractivity contribution is 9.10. The van der Waals surface area contributed by atoms with E-state index >= 15 is 0 Å². The van der Waals surface area contributed by atoms with E-state index in [4.69, 9.17) is 5.11 Å². The van der Waals surface area contributed by atoms with Crippen molar-refractivity contribution in [2.45, 2.75) is 6.42 Å². The summed E-state index contributed by atoms with van der Waals surface area (Å²) in [5.41, 5.74) is 2.49. The Balaban J connectivity index is 2.27. The third-order valence-electron chi connectivity index (χ3n) is 2.42. The molecule has 0 aliphatic carbocycles. The van der Waals surface area contributed by atoms with Crippen molar-refractivity contribution in [1.29, 1.82) is 0 Å². The van der Waals surface area contributed by atoms with Crippen LogP contribution >= 0.6 is 15.9 Å². The first kappa shape index (κ1) is 9.03. The average molecular weight is 242 g/mol. The van der Waals surface area contributed by atoms with Crippen molar-refractivity contribution < 1.29 is 5.11 Å². The van der Waals surface area contributed by atoms with Crippen molar-refractivity contribution in [2.24, 2.45) is 5.92 Å². The molecule has 0 aromatic heterocycles. The molecule has 0 spiro atoms. The summed E-state index contributed by atoms with van der Waals surface area (Å²) in [5, 5.41) is 12.3. The average Bonchev–Trinajstić information content (AvgIpc) is 2.16. The summed E-state index contributed by atoms with van der Waals surface area (Å²) in [6.07, 6.45) is 0.971. The van der Waals surface area contributed by atoms with Crippen LogP contribution < -0.4 is 5.32 Å². The standard InChI is InChI=1S/C10H12BrNO/c11-9-1-2-10-8(4-9)3-7(6-13)5-12-10/h1-2,4,7,12-13H,3,5-6H2. The molecule has 1 heterocycles. The quantitative estimate of drug-likeness (QED) is 0.789. The number of rotatable bonds is 1. The van der Waals surface area contributed by atoms with Gasteiger partial charge in [0.05, 0.1) is 0 Å². The number of fused-ring (bicyclic) bond motifs is 1. The summed E-state index contributed by atoms with van der Waals surface area (Å²) < 4.78 is 1.10. The molecule has 1 atom stereocenters. The maximum atomic E-state index is 9.03. The van der Waals surface area contributed by atoms with Crippen LogP contribution in [-0.2, 0) is 6.42 Å². The van der Waals surface area contributed by atoms with Gasteiger partial charge in [-0.15, -0.1) is 0 Å². The van der Waals surface area contributed by atoms with Gasteiger partial charge >= 0.3 is 0 Å². The molecular weight excluding hydrogens is 230 g/mol. The maximum Gasteiger partial charge on any atom is 0.0479 e. The third-order valence-corrected chi connectivity index (χ3v) is 2.91. The fourth-order valence-corrected chi connectivity index (χ4v) is 2.08. The fourth-order valence-electron chi connectivity index (χ4n) is 1.67. The number of nitrogens with one attached hydrogen (secondary N) is 1. The minimum atomic E-state index is 0.263. The fraction of sp³-hybridized carbons (Fsp3) is 0.400. The lowest BCUT2D eigenvalue weighted by atomic mass is 9.95. The van der Waals surface area contributed by atoms with E-state index in [2.05, 4.69) is 33.4 Å². The first-order chi connectivity index (χ1) is 6.29. The maximum absolute atomic E-state index is 9.03. The summed E-state index contributed by atoms with van der Waals surface area (Å²) in [4.78, 5) is 0. The molecule has 0 amide bonds. The van der Waals surface area contributed by atoms with E-state index in [-0.39, 0.29) is 6.61 Å². The van der Waals surface area contributed by atoms with Gasteiger partial charge in [0.1, 0.15) is 0 Å². The van der Waals surface area contributed by atoms with E-state index in [9.17, 15) is 0 Å². The third kappa shape index (κ3) is 1.86. The van der Waals surface area contributed by atoms with Gasteiger partial charge in [-0.2, -0.15) is 0 Å². The second kappa shape index (κ2) is 3.68. The van der Waals surface area contributed by atoms with Gasteiger partial charge in [-0.3, -0.25) is 0 Å². The number of aliphatic hydroxyl groups excluding tert-OH is 1. The molecule has 1 aliphatic heterocycles. The molecule has 2 rings (SSSR count). The Labute approximate surface area is 86.1 Å². The predicted molar refractivity (Wildman–Crippen MR) is 56.9 cm³/mol. The normalized spacial score (nSPS) is 20.6. The van der Waals surface area contributed by atoms with Crippen LogP contribution in [0.2, 0.25) is 0 Å². The van der Waals surface area contributed by atoms with Gasteiger partial charge < -0.3 is 10.4 Å². The van der Waals surface area contributed by atoms with Crippen molar-refractivity contribution in [2.75, 3.05) is 18.5 Å². The molecule has 0 saturated heterocycles. The van der Waals surface area contributed by atoms with Crippen molar-refractivity contribution in [3.63, 3.8) is 0 Å². The number of aliphatic hydroxyl groups is 1. The molecule has 3 heteroatoms. The molecule has 1 unspecified atom stereocenters. The zero-order valence-electron chi connectivity index (χ0n) is 7.26. The number of hydrogen-bond acceptors (Lipinski definition) is 2. The van der Waals surface area contributed by atoms with Crippen LogP contribution in [0, 0.1) is 5.92 Å². The largest absolute Gasteiger partial charge is 0.396 e. The summed E-state index contributed by atoms with van der Waals surface area (Å²) >= 11 is 3.44. The SMILES string of the molecule is OCC1CNc2ccc(Br)cc2C1. The monoisotopic (exact) mass is 241 g/mol. The van der Waals surface area contributed by atoms with Gasteiger partial charge in [-0.05, 0) is 30.2 Å². The molecule has 0 radical (unpaired) electrons. The number of halogens is 1. The molecule has 0 saturated carbocycles. The molecule has 1 aromatic rings. The molecule has 13 heavy (non-hydrogen) atoms. The number of anilines is 1. The van der Waals surface area contributed by atoms with Gasteiger partial charge in [0.2, 0.25) is 0 Å². The van der Waals surface area contributed by atoms with Crippen molar-refractivity contribution >= 4 is 21.6 Å². The van der Waals surface area contributed by atoms with E-state index in [0.717, 1.165) is 17.4 Å². The van der Waals surface area contributed by atoms with Gasteiger partial charge in [0.15, 0.2) is 0 Å². The van der Waals surface area contributed by atoms with Crippen LogP contribution in [0.4, 0.5) is 5.69 Å². The van der Waals surface area contributed by atoms with Gasteiger partial charge in [0.25, 0.3) is 0 Å². The topological polar surface area (TPSA) is 32.3 Å². The van der Waals surface area contributed by atoms with Crippen LogP contribution in [0.15, 0.2) is 22.7 Å². The molecule has 0 bridgehead atoms. The highest BCUT2D eigenvalue weighted by Crippen LogP contribution is 2.27. The van der Waals surface area contributed by atoms with Crippen LogP contribution in [0.5, 0.6) is 0 Å². The summed E-state index contributed by atoms with van der Waals surface area (Å²) in [5.74, 6) is 0.363. The van der Waals surface area contributed by atoms with Crippen LogP contribution in [0.1, 0.15) is 5.56 Å². The molecule has 0 fully saturated rings. The second-order valence-electron chi connectivity index (χ2n) is 3.44.